The first kappa shape index (κ1) is 16.0. The lowest BCUT2D eigenvalue weighted by molar-refractivity contribution is 0.103. The van der Waals surface area contributed by atoms with E-state index in [1.54, 1.807) is 22.7 Å². The Kier molecular flexibility index (Phi) is 4.17. The van der Waals surface area contributed by atoms with Crippen molar-refractivity contribution in [3.05, 3.63) is 32.5 Å². The van der Waals surface area contributed by atoms with Gasteiger partial charge in [-0.15, -0.1) is 22.7 Å². The first-order valence-corrected chi connectivity index (χ1v) is 11.3. The Hall–Kier alpha value is -1.20. The van der Waals surface area contributed by atoms with Crippen molar-refractivity contribution in [2.24, 2.45) is 11.8 Å². The first-order valence-electron chi connectivity index (χ1n) is 9.63. The standard InChI is InChI=1S/C20H24N2OS2/c23-19(18-10-14-3-1-2-4-17(14)25-18)22-20-21-16(11-24-20)15-8-12-5-6-13(7-12)9-15/h10-13,15H,1-9H2,(H,21,22,23). The summed E-state index contributed by atoms with van der Waals surface area (Å²) in [4.78, 5) is 19.6. The zero-order valence-corrected chi connectivity index (χ0v) is 16.1. The molecule has 3 aliphatic carbocycles. The molecule has 5 heteroatoms. The van der Waals surface area contributed by atoms with Gasteiger partial charge in [-0.3, -0.25) is 10.1 Å². The van der Waals surface area contributed by atoms with Gasteiger partial charge in [-0.1, -0.05) is 12.8 Å². The van der Waals surface area contributed by atoms with E-state index >= 15 is 0 Å². The zero-order valence-electron chi connectivity index (χ0n) is 14.4. The monoisotopic (exact) mass is 372 g/mol. The molecule has 3 nitrogen and oxygen atoms in total. The number of carbonyl (C=O) groups is 1. The molecule has 0 aliphatic heterocycles. The van der Waals surface area contributed by atoms with Gasteiger partial charge in [0.05, 0.1) is 10.6 Å². The average molecular weight is 373 g/mol. The summed E-state index contributed by atoms with van der Waals surface area (Å²) in [5.41, 5.74) is 2.60. The summed E-state index contributed by atoms with van der Waals surface area (Å²) < 4.78 is 0. The number of anilines is 1. The Labute approximate surface area is 156 Å². The number of nitrogens with one attached hydrogen (secondary N) is 1. The van der Waals surface area contributed by atoms with E-state index in [0.717, 1.165) is 34.7 Å². The molecule has 1 N–H and O–H groups in total. The van der Waals surface area contributed by atoms with Gasteiger partial charge >= 0.3 is 0 Å². The lowest BCUT2D eigenvalue weighted by atomic mass is 9.80. The van der Waals surface area contributed by atoms with E-state index in [1.807, 2.05) is 0 Å². The topological polar surface area (TPSA) is 42.0 Å². The number of thiazole rings is 1. The third-order valence-corrected chi connectivity index (χ3v) is 8.28. The number of thiophene rings is 1. The third kappa shape index (κ3) is 3.17. The van der Waals surface area contributed by atoms with Crippen LogP contribution < -0.4 is 5.32 Å². The number of nitrogens with zero attached hydrogens (tertiary/aromatic N) is 1. The molecule has 0 spiro atoms. The molecule has 3 aliphatic rings. The summed E-state index contributed by atoms with van der Waals surface area (Å²) in [6.45, 7) is 0. The Morgan fingerprint density at radius 3 is 2.72 bits per heavy atom. The molecule has 1 amide bonds. The van der Waals surface area contributed by atoms with Gasteiger partial charge in [0.15, 0.2) is 5.13 Å². The van der Waals surface area contributed by atoms with Gasteiger partial charge in [0.1, 0.15) is 0 Å². The van der Waals surface area contributed by atoms with Crippen molar-refractivity contribution >= 4 is 33.7 Å². The Balaban J connectivity index is 1.27. The quantitative estimate of drug-likeness (QED) is 0.759. The van der Waals surface area contributed by atoms with E-state index in [9.17, 15) is 4.79 Å². The third-order valence-electron chi connectivity index (χ3n) is 6.27. The highest BCUT2D eigenvalue weighted by Crippen LogP contribution is 2.48. The van der Waals surface area contributed by atoms with Crippen LogP contribution in [0.25, 0.3) is 0 Å². The second kappa shape index (κ2) is 6.51. The van der Waals surface area contributed by atoms with Gasteiger partial charge < -0.3 is 0 Å². The molecule has 2 saturated carbocycles. The molecule has 132 valence electrons. The van der Waals surface area contributed by atoms with Gasteiger partial charge in [-0.2, -0.15) is 0 Å². The van der Waals surface area contributed by atoms with Gasteiger partial charge in [0.25, 0.3) is 5.91 Å². The van der Waals surface area contributed by atoms with Crippen molar-refractivity contribution in [1.29, 1.82) is 0 Å². The Bertz CT molecular complexity index is 758. The lowest BCUT2D eigenvalue weighted by Gasteiger charge is -2.26. The number of rotatable bonds is 3. The summed E-state index contributed by atoms with van der Waals surface area (Å²) in [5, 5.41) is 5.98. The van der Waals surface area contributed by atoms with Crippen molar-refractivity contribution in [1.82, 2.24) is 4.98 Å². The van der Waals surface area contributed by atoms with Crippen molar-refractivity contribution < 1.29 is 4.79 Å². The predicted molar refractivity (Wildman–Crippen MR) is 104 cm³/mol. The highest BCUT2D eigenvalue weighted by Gasteiger charge is 2.35. The van der Waals surface area contributed by atoms with Crippen LogP contribution in [0.4, 0.5) is 5.13 Å². The van der Waals surface area contributed by atoms with Crippen LogP contribution in [0, 0.1) is 11.8 Å². The van der Waals surface area contributed by atoms with Crippen molar-refractivity contribution in [2.75, 3.05) is 5.32 Å². The molecule has 25 heavy (non-hydrogen) atoms. The molecule has 2 aromatic rings. The van der Waals surface area contributed by atoms with E-state index in [1.165, 1.54) is 61.1 Å². The number of fused-ring (bicyclic) bond motifs is 3. The summed E-state index contributed by atoms with van der Waals surface area (Å²) in [5.74, 6) is 2.47. The van der Waals surface area contributed by atoms with Crippen LogP contribution in [0.1, 0.15) is 76.7 Å². The molecule has 2 atom stereocenters. The fourth-order valence-electron chi connectivity index (χ4n) is 5.04. The van der Waals surface area contributed by atoms with Crippen LogP contribution >= 0.6 is 22.7 Å². The molecule has 0 aromatic carbocycles. The lowest BCUT2D eigenvalue weighted by Crippen LogP contribution is -2.15. The van der Waals surface area contributed by atoms with Crippen LogP contribution in [-0.2, 0) is 12.8 Å². The Morgan fingerprint density at radius 1 is 1.12 bits per heavy atom. The number of aryl methyl sites for hydroxylation is 2. The van der Waals surface area contributed by atoms with Gasteiger partial charge in [-0.25, -0.2) is 4.98 Å². The van der Waals surface area contributed by atoms with E-state index in [2.05, 4.69) is 16.8 Å². The summed E-state index contributed by atoms with van der Waals surface area (Å²) in [6, 6.07) is 2.10. The molecule has 2 unspecified atom stereocenters. The SMILES string of the molecule is O=C(Nc1nc(C2CC3CCC(C3)C2)cs1)c1cc2c(s1)CCCC2. The van der Waals surface area contributed by atoms with E-state index in [0.29, 0.717) is 5.92 Å². The molecule has 0 saturated heterocycles. The van der Waals surface area contributed by atoms with Gasteiger partial charge in [-0.05, 0) is 68.4 Å². The maximum absolute atomic E-state index is 12.6. The predicted octanol–water partition coefficient (Wildman–Crippen LogP) is 5.63. The normalized spacial score (nSPS) is 27.9. The zero-order chi connectivity index (χ0) is 16.8. The fraction of sp³-hybridized carbons (Fsp3) is 0.600. The van der Waals surface area contributed by atoms with Gasteiger partial charge in [0, 0.05) is 16.2 Å². The van der Waals surface area contributed by atoms with Gasteiger partial charge in [0.2, 0.25) is 0 Å². The fourth-order valence-corrected chi connectivity index (χ4v) is 6.98. The maximum Gasteiger partial charge on any atom is 0.267 e. The first-order chi connectivity index (χ1) is 12.2. The smallest absolute Gasteiger partial charge is 0.267 e. The minimum Gasteiger partial charge on any atom is -0.297 e. The molecule has 2 heterocycles. The highest BCUT2D eigenvalue weighted by molar-refractivity contribution is 7.15. The largest absolute Gasteiger partial charge is 0.297 e. The minimum atomic E-state index is 0.0176. The maximum atomic E-state index is 12.6. The van der Waals surface area contributed by atoms with E-state index in [4.69, 9.17) is 4.98 Å². The summed E-state index contributed by atoms with van der Waals surface area (Å²) in [6.07, 6.45) is 11.6. The number of amides is 1. The molecule has 0 radical (unpaired) electrons. The summed E-state index contributed by atoms with van der Waals surface area (Å²) in [7, 11) is 0. The second-order valence-corrected chi connectivity index (χ2v) is 10.0. The van der Waals surface area contributed by atoms with E-state index < -0.39 is 0 Å². The summed E-state index contributed by atoms with van der Waals surface area (Å²) >= 11 is 3.26. The van der Waals surface area contributed by atoms with Crippen LogP contribution in [0.15, 0.2) is 11.4 Å². The molecule has 2 bridgehead atoms. The van der Waals surface area contributed by atoms with Crippen molar-refractivity contribution in [2.45, 2.75) is 63.7 Å². The number of aromatic nitrogens is 1. The average Bonchev–Trinajstić information content (AvgIpc) is 3.33. The molecule has 2 aromatic heterocycles. The van der Waals surface area contributed by atoms with E-state index in [-0.39, 0.29) is 5.91 Å². The second-order valence-electron chi connectivity index (χ2n) is 8.01. The van der Waals surface area contributed by atoms with Crippen LogP contribution in [0.3, 0.4) is 0 Å². The molecule has 2 fully saturated rings. The van der Waals surface area contributed by atoms with Crippen molar-refractivity contribution in [3.8, 4) is 0 Å². The van der Waals surface area contributed by atoms with Crippen LogP contribution in [-0.4, -0.2) is 10.9 Å². The number of hydrogen-bond donors (Lipinski definition) is 1. The number of hydrogen-bond acceptors (Lipinski definition) is 4. The molecule has 5 rings (SSSR count). The molecular weight excluding hydrogens is 348 g/mol. The number of carbonyl (C=O) groups excluding carboxylic acids is 1. The minimum absolute atomic E-state index is 0.0176. The highest BCUT2D eigenvalue weighted by atomic mass is 32.1. The Morgan fingerprint density at radius 2 is 1.92 bits per heavy atom. The molecular formula is C20H24N2OS2. The van der Waals surface area contributed by atoms with Crippen LogP contribution in [0.2, 0.25) is 0 Å². The van der Waals surface area contributed by atoms with Crippen LogP contribution in [0.5, 0.6) is 0 Å². The van der Waals surface area contributed by atoms with Crippen molar-refractivity contribution in [3.63, 3.8) is 0 Å².